The van der Waals surface area contributed by atoms with E-state index in [-0.39, 0.29) is 23.8 Å². The largest absolute Gasteiger partial charge is 0.444 e. The number of benzene rings is 1. The molecule has 0 aromatic heterocycles. The number of amides is 3. The predicted octanol–water partition coefficient (Wildman–Crippen LogP) is 5.58. The molecule has 3 unspecified atom stereocenters. The van der Waals surface area contributed by atoms with E-state index in [1.165, 1.54) is 6.42 Å². The minimum atomic E-state index is -0.806. The van der Waals surface area contributed by atoms with Crippen LogP contribution >= 0.6 is 0 Å². The number of hydrogen-bond acceptors (Lipinski definition) is 4. The van der Waals surface area contributed by atoms with Gasteiger partial charge in [-0.05, 0) is 77.0 Å². The topological polar surface area (TPSA) is 87.7 Å². The zero-order valence-electron chi connectivity index (χ0n) is 23.6. The first-order chi connectivity index (χ1) is 16.9. The number of aryl methyl sites for hydroxylation is 1. The highest BCUT2D eigenvalue weighted by molar-refractivity contribution is 5.92. The zero-order chi connectivity index (χ0) is 27.0. The molecule has 7 nitrogen and oxygen atoms in total. The van der Waals surface area contributed by atoms with Crippen LogP contribution in [-0.2, 0) is 14.3 Å². The molecule has 202 valence electrons. The normalized spacial score (nSPS) is 17.0. The summed E-state index contributed by atoms with van der Waals surface area (Å²) in [6.45, 7) is 15.5. The highest BCUT2D eigenvalue weighted by Crippen LogP contribution is 2.29. The van der Waals surface area contributed by atoms with Crippen LogP contribution in [0.15, 0.2) is 18.2 Å². The van der Waals surface area contributed by atoms with Gasteiger partial charge in [0, 0.05) is 12.6 Å². The van der Waals surface area contributed by atoms with Crippen LogP contribution in [-0.4, -0.2) is 47.0 Å². The van der Waals surface area contributed by atoms with Crippen LogP contribution in [0.4, 0.5) is 4.79 Å². The van der Waals surface area contributed by atoms with Crippen molar-refractivity contribution in [1.82, 2.24) is 15.5 Å². The summed E-state index contributed by atoms with van der Waals surface area (Å²) in [4.78, 5) is 42.2. The third kappa shape index (κ3) is 7.97. The molecule has 1 fully saturated rings. The number of alkyl carbamates (subject to hydrolysis) is 1. The first-order valence-electron chi connectivity index (χ1n) is 13.6. The van der Waals surface area contributed by atoms with Crippen LogP contribution in [0.5, 0.6) is 0 Å². The van der Waals surface area contributed by atoms with E-state index in [0.29, 0.717) is 13.0 Å². The van der Waals surface area contributed by atoms with Gasteiger partial charge >= 0.3 is 6.09 Å². The lowest BCUT2D eigenvalue weighted by atomic mass is 9.91. The lowest BCUT2D eigenvalue weighted by Gasteiger charge is -2.37. The Hall–Kier alpha value is -2.57. The summed E-state index contributed by atoms with van der Waals surface area (Å²) in [5.41, 5.74) is 2.20. The molecule has 2 N–H and O–H groups in total. The van der Waals surface area contributed by atoms with E-state index in [1.54, 1.807) is 25.7 Å². The molecular weight excluding hydrogens is 454 g/mol. The van der Waals surface area contributed by atoms with Crippen LogP contribution in [0.2, 0.25) is 0 Å². The average molecular weight is 502 g/mol. The van der Waals surface area contributed by atoms with Gasteiger partial charge in [-0.15, -0.1) is 0 Å². The first kappa shape index (κ1) is 29.7. The molecule has 0 bridgehead atoms. The maximum absolute atomic E-state index is 14.1. The Bertz CT molecular complexity index is 902. The Morgan fingerprint density at radius 1 is 1.08 bits per heavy atom. The fourth-order valence-electron chi connectivity index (χ4n) is 4.81. The number of nitrogens with one attached hydrogen (secondary N) is 2. The summed E-state index contributed by atoms with van der Waals surface area (Å²) in [5, 5.41) is 6.05. The molecule has 0 heterocycles. The first-order valence-corrected chi connectivity index (χ1v) is 13.6. The van der Waals surface area contributed by atoms with Gasteiger partial charge in [0.25, 0.3) is 0 Å². The van der Waals surface area contributed by atoms with Crippen LogP contribution in [0.1, 0.15) is 103 Å². The molecule has 0 spiro atoms. The highest BCUT2D eigenvalue weighted by atomic mass is 16.6. The van der Waals surface area contributed by atoms with E-state index in [2.05, 4.69) is 10.6 Å². The molecule has 1 aromatic carbocycles. The summed E-state index contributed by atoms with van der Waals surface area (Å²) in [5.74, 6) is -0.576. The number of likely N-dealkylation sites (N-methyl/N-ethyl adjacent to an activating group) is 1. The molecule has 2 rings (SSSR count). The maximum Gasteiger partial charge on any atom is 0.408 e. The van der Waals surface area contributed by atoms with Gasteiger partial charge in [-0.2, -0.15) is 0 Å². The van der Waals surface area contributed by atoms with E-state index >= 15 is 0 Å². The second-order valence-electron chi connectivity index (χ2n) is 11.2. The molecule has 7 heteroatoms. The van der Waals surface area contributed by atoms with Gasteiger partial charge < -0.3 is 20.3 Å². The van der Waals surface area contributed by atoms with Crippen molar-refractivity contribution in [2.75, 3.05) is 6.54 Å². The Balaban J connectivity index is 2.45. The van der Waals surface area contributed by atoms with Crippen molar-refractivity contribution in [1.29, 1.82) is 0 Å². The molecule has 0 aliphatic heterocycles. The Labute approximate surface area is 217 Å². The molecule has 36 heavy (non-hydrogen) atoms. The SMILES string of the molecule is CCC(C)C(NC(=O)OC(C)(C)C)C(=O)N(CC)C(C(=O)NC1CCCCC1)c1cccc(C)c1C. The molecule has 0 saturated heterocycles. The van der Waals surface area contributed by atoms with Crippen LogP contribution in [0, 0.1) is 19.8 Å². The second-order valence-corrected chi connectivity index (χ2v) is 11.2. The van der Waals surface area contributed by atoms with E-state index in [9.17, 15) is 14.4 Å². The minimum absolute atomic E-state index is 0.123. The molecule has 1 aromatic rings. The van der Waals surface area contributed by atoms with E-state index in [0.717, 1.165) is 42.4 Å². The third-order valence-corrected chi connectivity index (χ3v) is 7.23. The standard InChI is InChI=1S/C29H47N3O4/c1-9-19(3)24(31-28(35)36-29(6,7)8)27(34)32(10-2)25(23-18-14-15-20(4)21(23)5)26(33)30-22-16-12-11-13-17-22/h14-15,18-19,22,24-25H,9-13,16-17H2,1-8H3,(H,30,33)(H,31,35). The van der Waals surface area contributed by atoms with Gasteiger partial charge in [-0.1, -0.05) is 57.7 Å². The third-order valence-electron chi connectivity index (χ3n) is 7.23. The quantitative estimate of drug-likeness (QED) is 0.462. The van der Waals surface area contributed by atoms with Gasteiger partial charge in [0.15, 0.2) is 0 Å². The molecule has 0 radical (unpaired) electrons. The summed E-state index contributed by atoms with van der Waals surface area (Å²) in [6, 6.07) is 4.42. The predicted molar refractivity (Wildman–Crippen MR) is 144 cm³/mol. The number of nitrogens with zero attached hydrogens (tertiary/aromatic N) is 1. The minimum Gasteiger partial charge on any atom is -0.444 e. The van der Waals surface area contributed by atoms with Crippen LogP contribution in [0.25, 0.3) is 0 Å². The van der Waals surface area contributed by atoms with Crippen molar-refractivity contribution in [3.63, 3.8) is 0 Å². The van der Waals surface area contributed by atoms with Crippen LogP contribution < -0.4 is 10.6 Å². The molecule has 3 atom stereocenters. The highest BCUT2D eigenvalue weighted by Gasteiger charge is 2.38. The monoisotopic (exact) mass is 501 g/mol. The number of hydrogen-bond donors (Lipinski definition) is 2. The van der Waals surface area contributed by atoms with Crippen molar-refractivity contribution in [3.05, 3.63) is 34.9 Å². The number of ether oxygens (including phenoxy) is 1. The summed E-state index contributed by atoms with van der Waals surface area (Å²) in [6.07, 6.45) is 5.37. The summed E-state index contributed by atoms with van der Waals surface area (Å²) < 4.78 is 5.45. The van der Waals surface area contributed by atoms with Crippen LogP contribution in [0.3, 0.4) is 0 Å². The number of carbonyl (C=O) groups is 3. The zero-order valence-corrected chi connectivity index (χ0v) is 23.6. The summed E-state index contributed by atoms with van der Waals surface area (Å²) >= 11 is 0. The van der Waals surface area contributed by atoms with Gasteiger partial charge in [0.05, 0.1) is 0 Å². The smallest absolute Gasteiger partial charge is 0.408 e. The molecule has 3 amide bonds. The number of rotatable bonds is 9. The van der Waals surface area contributed by atoms with E-state index < -0.39 is 23.8 Å². The second kappa shape index (κ2) is 13.1. The van der Waals surface area contributed by atoms with Crippen molar-refractivity contribution in [2.24, 2.45) is 5.92 Å². The van der Waals surface area contributed by atoms with Crippen molar-refractivity contribution in [3.8, 4) is 0 Å². The fraction of sp³-hybridized carbons (Fsp3) is 0.690. The summed E-state index contributed by atoms with van der Waals surface area (Å²) in [7, 11) is 0. The van der Waals surface area contributed by atoms with E-state index in [1.807, 2.05) is 52.8 Å². The Morgan fingerprint density at radius 3 is 2.28 bits per heavy atom. The van der Waals surface area contributed by atoms with Crippen molar-refractivity contribution < 1.29 is 19.1 Å². The molecule has 1 saturated carbocycles. The Morgan fingerprint density at radius 2 is 1.72 bits per heavy atom. The van der Waals surface area contributed by atoms with Crippen molar-refractivity contribution in [2.45, 2.75) is 118 Å². The molecule has 1 aliphatic carbocycles. The lowest BCUT2D eigenvalue weighted by molar-refractivity contribution is -0.143. The Kier molecular flexibility index (Phi) is 10.8. The van der Waals surface area contributed by atoms with Gasteiger partial charge in [-0.3, -0.25) is 9.59 Å². The average Bonchev–Trinajstić information content (AvgIpc) is 2.81. The van der Waals surface area contributed by atoms with E-state index in [4.69, 9.17) is 4.74 Å². The van der Waals surface area contributed by atoms with Gasteiger partial charge in [-0.25, -0.2) is 4.79 Å². The number of carbonyl (C=O) groups excluding carboxylic acids is 3. The lowest BCUT2D eigenvalue weighted by Crippen LogP contribution is -2.55. The molecule has 1 aliphatic rings. The van der Waals surface area contributed by atoms with Crippen molar-refractivity contribution >= 4 is 17.9 Å². The van der Waals surface area contributed by atoms with Gasteiger partial charge in [0.2, 0.25) is 11.8 Å². The maximum atomic E-state index is 14.1. The fourth-order valence-corrected chi connectivity index (χ4v) is 4.81. The van der Waals surface area contributed by atoms with Gasteiger partial charge in [0.1, 0.15) is 17.7 Å². The molecular formula is C29H47N3O4.